The number of hydrogen-bond donors (Lipinski definition) is 1. The maximum absolute atomic E-state index is 13.0. The Morgan fingerprint density at radius 1 is 1.19 bits per heavy atom. The summed E-state index contributed by atoms with van der Waals surface area (Å²) in [5.74, 6) is -0.207. The van der Waals surface area contributed by atoms with Gasteiger partial charge in [-0.2, -0.15) is 0 Å². The van der Waals surface area contributed by atoms with E-state index < -0.39 is 6.04 Å². The molecule has 2 aromatic carbocycles. The topological polar surface area (TPSA) is 58.6 Å². The third-order valence-corrected chi connectivity index (χ3v) is 4.82. The van der Waals surface area contributed by atoms with Gasteiger partial charge < -0.3 is 15.0 Å². The molecule has 0 radical (unpaired) electrons. The van der Waals surface area contributed by atoms with Gasteiger partial charge in [0.05, 0.1) is 13.0 Å². The average molecular weight is 352 g/mol. The summed E-state index contributed by atoms with van der Waals surface area (Å²) in [5.41, 5.74) is 4.01. The summed E-state index contributed by atoms with van der Waals surface area (Å²) in [5, 5.41) is 3.00. The summed E-state index contributed by atoms with van der Waals surface area (Å²) < 4.78 is 5.13. The number of nitrogens with zero attached hydrogens (tertiary/aromatic N) is 1. The normalized spacial score (nSPS) is 16.3. The van der Waals surface area contributed by atoms with Gasteiger partial charge in [0, 0.05) is 20.2 Å². The quantitative estimate of drug-likeness (QED) is 0.868. The van der Waals surface area contributed by atoms with Crippen LogP contribution >= 0.6 is 0 Å². The lowest BCUT2D eigenvalue weighted by atomic mass is 9.91. The second kappa shape index (κ2) is 8.15. The fraction of sp³-hybridized carbons (Fsp3) is 0.333. The van der Waals surface area contributed by atoms with E-state index in [0.717, 1.165) is 22.3 Å². The van der Waals surface area contributed by atoms with Gasteiger partial charge in [-0.1, -0.05) is 48.5 Å². The maximum Gasteiger partial charge on any atom is 0.247 e. The lowest BCUT2D eigenvalue weighted by molar-refractivity contribution is -0.142. The maximum atomic E-state index is 13.0. The number of hydrogen-bond acceptors (Lipinski definition) is 3. The zero-order valence-corrected chi connectivity index (χ0v) is 15.2. The number of carbonyl (C=O) groups excluding carboxylic acids is 2. The molecule has 0 aromatic heterocycles. The molecule has 0 unspecified atom stereocenters. The highest BCUT2D eigenvalue weighted by Gasteiger charge is 2.36. The summed E-state index contributed by atoms with van der Waals surface area (Å²) in [4.78, 5) is 27.2. The summed E-state index contributed by atoms with van der Waals surface area (Å²) in [7, 11) is 1.59. The highest BCUT2D eigenvalue weighted by molar-refractivity contribution is 5.92. The molecule has 0 aliphatic carbocycles. The van der Waals surface area contributed by atoms with Gasteiger partial charge in [0.1, 0.15) is 6.04 Å². The fourth-order valence-electron chi connectivity index (χ4n) is 3.35. The Morgan fingerprint density at radius 2 is 1.92 bits per heavy atom. The third kappa shape index (κ3) is 3.78. The minimum Gasteiger partial charge on any atom is -0.383 e. The lowest BCUT2D eigenvalue weighted by Crippen LogP contribution is -2.48. The molecule has 1 aliphatic heterocycles. The van der Waals surface area contributed by atoms with Gasteiger partial charge in [0.15, 0.2) is 0 Å². The average Bonchev–Trinajstić information content (AvgIpc) is 2.65. The van der Waals surface area contributed by atoms with Gasteiger partial charge in [0.2, 0.25) is 11.8 Å². The SMILES string of the molecule is COCCN1C(=O)Cc2ccccc2[C@@H]1C(=O)NCc1ccccc1C. The Balaban J connectivity index is 1.84. The van der Waals surface area contributed by atoms with Crippen LogP contribution in [0.5, 0.6) is 0 Å². The number of carbonyl (C=O) groups is 2. The van der Waals surface area contributed by atoms with Crippen LogP contribution in [0.2, 0.25) is 0 Å². The number of nitrogens with one attached hydrogen (secondary N) is 1. The van der Waals surface area contributed by atoms with Crippen molar-refractivity contribution < 1.29 is 14.3 Å². The van der Waals surface area contributed by atoms with E-state index in [4.69, 9.17) is 4.74 Å². The van der Waals surface area contributed by atoms with Crippen LogP contribution in [-0.4, -0.2) is 37.0 Å². The van der Waals surface area contributed by atoms with Gasteiger partial charge >= 0.3 is 0 Å². The summed E-state index contributed by atoms with van der Waals surface area (Å²) in [6.45, 7) is 3.25. The molecule has 0 saturated carbocycles. The Hall–Kier alpha value is -2.66. The number of methoxy groups -OCH3 is 1. The van der Waals surface area contributed by atoms with Crippen LogP contribution in [0, 0.1) is 6.92 Å². The van der Waals surface area contributed by atoms with Crippen LogP contribution in [0.25, 0.3) is 0 Å². The van der Waals surface area contributed by atoms with Gasteiger partial charge in [-0.05, 0) is 29.2 Å². The molecule has 1 N–H and O–H groups in total. The Morgan fingerprint density at radius 3 is 2.69 bits per heavy atom. The van der Waals surface area contributed by atoms with Crippen LogP contribution in [0.4, 0.5) is 0 Å². The van der Waals surface area contributed by atoms with Gasteiger partial charge in [-0.15, -0.1) is 0 Å². The van der Waals surface area contributed by atoms with E-state index in [1.165, 1.54) is 0 Å². The molecule has 1 aliphatic rings. The first-order valence-corrected chi connectivity index (χ1v) is 8.80. The van der Waals surface area contributed by atoms with Crippen molar-refractivity contribution in [2.45, 2.75) is 25.9 Å². The predicted molar refractivity (Wildman–Crippen MR) is 99.5 cm³/mol. The minimum absolute atomic E-state index is 0.0446. The van der Waals surface area contributed by atoms with E-state index in [-0.39, 0.29) is 11.8 Å². The Bertz CT molecular complexity index is 803. The first-order chi connectivity index (χ1) is 12.6. The number of amides is 2. The minimum atomic E-state index is -0.619. The van der Waals surface area contributed by atoms with Crippen LogP contribution in [0.15, 0.2) is 48.5 Å². The molecule has 5 nitrogen and oxygen atoms in total. The van der Waals surface area contributed by atoms with Crippen molar-refractivity contribution in [2.75, 3.05) is 20.3 Å². The monoisotopic (exact) mass is 352 g/mol. The van der Waals surface area contributed by atoms with E-state index in [1.807, 2.05) is 55.5 Å². The molecule has 26 heavy (non-hydrogen) atoms. The second-order valence-electron chi connectivity index (χ2n) is 6.50. The van der Waals surface area contributed by atoms with Crippen molar-refractivity contribution >= 4 is 11.8 Å². The number of aryl methyl sites for hydroxylation is 1. The van der Waals surface area contributed by atoms with Gasteiger partial charge in [0.25, 0.3) is 0 Å². The van der Waals surface area contributed by atoms with Crippen molar-refractivity contribution in [3.8, 4) is 0 Å². The second-order valence-corrected chi connectivity index (χ2v) is 6.50. The zero-order chi connectivity index (χ0) is 18.5. The molecule has 2 aromatic rings. The summed E-state index contributed by atoms with van der Waals surface area (Å²) in [6, 6.07) is 15.0. The molecule has 5 heteroatoms. The van der Waals surface area contributed by atoms with Crippen molar-refractivity contribution in [1.82, 2.24) is 10.2 Å². The standard InChI is InChI=1S/C21H24N2O3/c1-15-7-3-4-9-17(15)14-22-21(25)20-18-10-6-5-8-16(18)13-19(24)23(20)11-12-26-2/h3-10,20H,11-14H2,1-2H3,(H,22,25)/t20-/m1/s1. The van der Waals surface area contributed by atoms with Gasteiger partial charge in [-0.25, -0.2) is 0 Å². The molecule has 1 heterocycles. The lowest BCUT2D eigenvalue weighted by Gasteiger charge is -2.36. The van der Waals surface area contributed by atoms with Crippen LogP contribution in [0.1, 0.15) is 28.3 Å². The van der Waals surface area contributed by atoms with Crippen LogP contribution in [-0.2, 0) is 27.3 Å². The molecule has 0 bridgehead atoms. The fourth-order valence-corrected chi connectivity index (χ4v) is 3.35. The van der Waals surface area contributed by atoms with E-state index in [0.29, 0.717) is 26.1 Å². The van der Waals surface area contributed by atoms with Crippen LogP contribution in [0.3, 0.4) is 0 Å². The van der Waals surface area contributed by atoms with E-state index in [2.05, 4.69) is 5.32 Å². The van der Waals surface area contributed by atoms with Crippen LogP contribution < -0.4 is 5.32 Å². The molecule has 136 valence electrons. The molecule has 2 amide bonds. The summed E-state index contributed by atoms with van der Waals surface area (Å²) >= 11 is 0. The van der Waals surface area contributed by atoms with E-state index in [9.17, 15) is 9.59 Å². The van der Waals surface area contributed by atoms with Crippen molar-refractivity contribution in [2.24, 2.45) is 0 Å². The zero-order valence-electron chi connectivity index (χ0n) is 15.2. The van der Waals surface area contributed by atoms with Crippen molar-refractivity contribution in [3.05, 3.63) is 70.8 Å². The third-order valence-electron chi connectivity index (χ3n) is 4.82. The number of fused-ring (bicyclic) bond motifs is 1. The molecule has 0 spiro atoms. The predicted octanol–water partition coefficient (Wildman–Crippen LogP) is 2.38. The first kappa shape index (κ1) is 18.1. The number of benzene rings is 2. The first-order valence-electron chi connectivity index (χ1n) is 8.80. The molecule has 1 atom stereocenters. The smallest absolute Gasteiger partial charge is 0.247 e. The highest BCUT2D eigenvalue weighted by atomic mass is 16.5. The van der Waals surface area contributed by atoms with Crippen molar-refractivity contribution in [1.29, 1.82) is 0 Å². The van der Waals surface area contributed by atoms with E-state index in [1.54, 1.807) is 12.0 Å². The number of rotatable bonds is 6. The molecule has 0 fully saturated rings. The van der Waals surface area contributed by atoms with Crippen molar-refractivity contribution in [3.63, 3.8) is 0 Å². The molecule has 3 rings (SSSR count). The van der Waals surface area contributed by atoms with Gasteiger partial charge in [-0.3, -0.25) is 9.59 Å². The highest BCUT2D eigenvalue weighted by Crippen LogP contribution is 2.30. The Labute approximate surface area is 154 Å². The molecular formula is C21H24N2O3. The van der Waals surface area contributed by atoms with E-state index >= 15 is 0 Å². The Kier molecular flexibility index (Phi) is 5.68. The summed E-state index contributed by atoms with van der Waals surface area (Å²) in [6.07, 6.45) is 0.321. The largest absolute Gasteiger partial charge is 0.383 e. The number of ether oxygens (including phenoxy) is 1. The molecule has 0 saturated heterocycles. The molecular weight excluding hydrogens is 328 g/mol.